The Morgan fingerprint density at radius 2 is 0.368 bits per heavy atom. The normalized spacial score (nSPS) is 4.63. The van der Waals surface area contributed by atoms with Gasteiger partial charge in [0, 0.05) is 50.5 Å². The lowest BCUT2D eigenvalue weighted by Crippen LogP contribution is -1.43. The summed E-state index contributed by atoms with van der Waals surface area (Å²) in [4.78, 5) is 0. The van der Waals surface area contributed by atoms with Gasteiger partial charge in [-0.05, 0) is 13.3 Å². The lowest BCUT2D eigenvalue weighted by Gasteiger charge is -1.65. The zero-order valence-electron chi connectivity index (χ0n) is 32.9. The Labute approximate surface area is 266 Å². The standard InChI is InChI=1S/C5H10.5C3H8.6C2H6.6B/c1-3-5-4-2;5*1-3-2;6*1-2;;;;;;/h3,5H,4H2,1-2H3;5*3H2,1-2H3;6*1-2H3;;;;;;. The number of hydrogen-bond acceptors (Lipinski definition) is 0. The third kappa shape index (κ3) is 9830. The molecule has 0 aliphatic carbocycles. The Morgan fingerprint density at radius 1 is 0.289 bits per heavy atom. The van der Waals surface area contributed by atoms with Gasteiger partial charge in [0.25, 0.3) is 0 Å². The van der Waals surface area contributed by atoms with Crippen molar-refractivity contribution >= 4 is 50.5 Å². The Hall–Kier alpha value is 0.130. The highest BCUT2D eigenvalue weighted by Gasteiger charge is 1.52. The van der Waals surface area contributed by atoms with Crippen molar-refractivity contribution in [2.75, 3.05) is 0 Å². The molecule has 0 unspecified atom stereocenters. The zero-order chi connectivity index (χ0) is 29.7. The molecule has 0 aromatic heterocycles. The quantitative estimate of drug-likeness (QED) is 0.231. The van der Waals surface area contributed by atoms with Crippen LogP contribution >= 0.6 is 0 Å². The van der Waals surface area contributed by atoms with E-state index in [9.17, 15) is 0 Å². The van der Waals surface area contributed by atoms with E-state index in [0.717, 1.165) is 6.42 Å². The topological polar surface area (TPSA) is 0 Å². The predicted molar refractivity (Wildman–Crippen MR) is 208 cm³/mol. The third-order valence-corrected chi connectivity index (χ3v) is 0.471. The van der Waals surface area contributed by atoms with Crippen molar-refractivity contribution in [3.05, 3.63) is 12.2 Å². The highest BCUT2D eigenvalue weighted by atomic mass is 13.6. The summed E-state index contributed by atoms with van der Waals surface area (Å²) in [5.41, 5.74) is 0. The summed E-state index contributed by atoms with van der Waals surface area (Å²) in [7, 11) is 0. The molecule has 0 fully saturated rings. The average molecular weight is 536 g/mol. The second-order valence-corrected chi connectivity index (χ2v) is 4.51. The van der Waals surface area contributed by atoms with Crippen LogP contribution in [-0.2, 0) is 0 Å². The van der Waals surface area contributed by atoms with E-state index in [2.05, 4.69) is 88.3 Å². The average Bonchev–Trinajstić information content (AvgIpc) is 2.85. The zero-order valence-corrected chi connectivity index (χ0v) is 32.9. The van der Waals surface area contributed by atoms with Crippen molar-refractivity contribution in [3.8, 4) is 0 Å². The van der Waals surface area contributed by atoms with Crippen LogP contribution in [-0.4, -0.2) is 50.5 Å². The van der Waals surface area contributed by atoms with Crippen molar-refractivity contribution in [1.82, 2.24) is 0 Å². The Bertz CT molecular complexity index is 84.4. The molecule has 0 aromatic rings. The summed E-state index contributed by atoms with van der Waals surface area (Å²) in [5, 5.41) is 0. The summed E-state index contributed by atoms with van der Waals surface area (Å²) in [5.74, 6) is 0. The van der Waals surface area contributed by atoms with Crippen LogP contribution in [0.1, 0.15) is 205 Å². The molecule has 0 aromatic carbocycles. The molecule has 0 saturated heterocycles. The van der Waals surface area contributed by atoms with E-state index in [1.54, 1.807) is 0 Å². The fourth-order valence-electron chi connectivity index (χ4n) is 0.236. The number of allylic oxidation sites excluding steroid dienone is 2. The molecule has 6 heteroatoms. The van der Waals surface area contributed by atoms with Crippen LogP contribution in [0.5, 0.6) is 0 Å². The molecule has 0 N–H and O–H groups in total. The highest BCUT2D eigenvalue weighted by Crippen LogP contribution is 1.73. The van der Waals surface area contributed by atoms with E-state index in [-0.39, 0.29) is 50.5 Å². The summed E-state index contributed by atoms with van der Waals surface area (Å²) < 4.78 is 0. The summed E-state index contributed by atoms with van der Waals surface area (Å²) >= 11 is 0. The number of hydrogen-bond donors (Lipinski definition) is 0. The first kappa shape index (κ1) is 130. The third-order valence-electron chi connectivity index (χ3n) is 0.471. The lowest BCUT2D eigenvalue weighted by molar-refractivity contribution is 1.09. The van der Waals surface area contributed by atoms with Crippen molar-refractivity contribution in [1.29, 1.82) is 0 Å². The Balaban J connectivity index is -0.00000000717. The van der Waals surface area contributed by atoms with E-state index in [0.29, 0.717) is 0 Å². The van der Waals surface area contributed by atoms with Crippen LogP contribution < -0.4 is 0 Å². The smallest absolute Gasteiger partial charge is 0 e. The van der Waals surface area contributed by atoms with Gasteiger partial charge in [-0.2, -0.15) is 0 Å². The van der Waals surface area contributed by atoms with E-state index < -0.39 is 0 Å². The SMILES string of the molecule is CC.CC.CC.CC.CC.CC.CC=CCC.CCC.CCC.CCC.CCC.CCC.[B].[B].[B].[B].[B].[B]. The van der Waals surface area contributed by atoms with E-state index in [1.807, 2.05) is 90.0 Å². The maximum atomic E-state index is 2.12. The molecule has 0 heterocycles. The van der Waals surface area contributed by atoms with Crippen molar-refractivity contribution in [2.24, 2.45) is 0 Å². The summed E-state index contributed by atoms with van der Waals surface area (Å²) in [6, 6.07) is 0. The van der Waals surface area contributed by atoms with Gasteiger partial charge in [0.15, 0.2) is 0 Å². The molecule has 0 atom stereocenters. The van der Waals surface area contributed by atoms with Gasteiger partial charge in [-0.3, -0.25) is 0 Å². The van der Waals surface area contributed by atoms with Crippen LogP contribution in [0.15, 0.2) is 12.2 Å². The molecule has 0 nitrogen and oxygen atoms in total. The van der Waals surface area contributed by atoms with Gasteiger partial charge >= 0.3 is 0 Å². The van der Waals surface area contributed by atoms with Gasteiger partial charge in [-0.15, -0.1) is 0 Å². The van der Waals surface area contributed by atoms with Crippen molar-refractivity contribution in [2.45, 2.75) is 205 Å². The van der Waals surface area contributed by atoms with Gasteiger partial charge in [0.05, 0.1) is 0 Å². The van der Waals surface area contributed by atoms with Crippen molar-refractivity contribution in [3.63, 3.8) is 0 Å². The monoisotopic (exact) mass is 537 g/mol. The first-order chi connectivity index (χ1) is 15.5. The lowest BCUT2D eigenvalue weighted by atomic mass is 10.4. The molecular formula is C32H86B6. The molecule has 0 aliphatic rings. The first-order valence-electron chi connectivity index (χ1n) is 15.1. The van der Waals surface area contributed by atoms with Gasteiger partial charge in [-0.25, -0.2) is 0 Å². The molecule has 18 radical (unpaired) electrons. The van der Waals surface area contributed by atoms with E-state index in [1.165, 1.54) is 32.1 Å². The van der Waals surface area contributed by atoms with Gasteiger partial charge in [-0.1, -0.05) is 204 Å². The van der Waals surface area contributed by atoms with Crippen LogP contribution in [0.3, 0.4) is 0 Å². The largest absolute Gasteiger partial charge is 0.0917 e. The molecule has 232 valence electrons. The maximum Gasteiger partial charge on any atom is 0 e. The molecule has 0 spiro atoms. The van der Waals surface area contributed by atoms with Gasteiger partial charge < -0.3 is 0 Å². The molecule has 0 bridgehead atoms. The fraction of sp³-hybridized carbons (Fsp3) is 0.938. The second kappa shape index (κ2) is 733. The molecule has 0 rings (SSSR count). The minimum Gasteiger partial charge on any atom is -0.0917 e. The molecule has 0 aliphatic heterocycles. The highest BCUT2D eigenvalue weighted by molar-refractivity contribution is 5.76. The van der Waals surface area contributed by atoms with Crippen LogP contribution in [0.4, 0.5) is 0 Å². The second-order valence-electron chi connectivity index (χ2n) is 4.51. The summed E-state index contributed by atoms with van der Waals surface area (Å²) in [6.45, 7) is 49.4. The molecular weight excluding hydrogens is 449 g/mol. The van der Waals surface area contributed by atoms with Crippen LogP contribution in [0, 0.1) is 0 Å². The maximum absolute atomic E-state index is 2.12. The first-order valence-corrected chi connectivity index (χ1v) is 15.1. The van der Waals surface area contributed by atoms with Crippen molar-refractivity contribution < 1.29 is 0 Å². The minimum absolute atomic E-state index is 0. The number of rotatable bonds is 1. The van der Waals surface area contributed by atoms with E-state index in [4.69, 9.17) is 0 Å². The Morgan fingerprint density at radius 3 is 0.368 bits per heavy atom. The van der Waals surface area contributed by atoms with Gasteiger partial charge in [0.2, 0.25) is 0 Å². The van der Waals surface area contributed by atoms with Crippen LogP contribution in [0.25, 0.3) is 0 Å². The van der Waals surface area contributed by atoms with E-state index >= 15 is 0 Å². The molecule has 0 amide bonds. The minimum atomic E-state index is 0. The summed E-state index contributed by atoms with van der Waals surface area (Å²) in [6.07, 6.45) is 11.6. The molecule has 0 saturated carbocycles. The predicted octanol–water partition coefficient (Wildman–Crippen LogP) is 12.9. The van der Waals surface area contributed by atoms with Gasteiger partial charge in [0.1, 0.15) is 0 Å². The fourth-order valence-corrected chi connectivity index (χ4v) is 0.236. The molecule has 38 heavy (non-hydrogen) atoms. The Kier molecular flexibility index (Phi) is 2500. The van der Waals surface area contributed by atoms with Crippen LogP contribution in [0.2, 0.25) is 0 Å².